The van der Waals surface area contributed by atoms with E-state index in [1.54, 1.807) is 30.3 Å². The van der Waals surface area contributed by atoms with Crippen LogP contribution in [0.2, 0.25) is 5.02 Å². The van der Waals surface area contributed by atoms with Gasteiger partial charge in [0, 0.05) is 4.47 Å². The maximum Gasteiger partial charge on any atom is 0.416 e. The predicted octanol–water partition coefficient (Wildman–Crippen LogP) is 6.89. The Morgan fingerprint density at radius 1 is 1.03 bits per heavy atom. The Morgan fingerprint density at radius 2 is 1.68 bits per heavy atom. The van der Waals surface area contributed by atoms with Gasteiger partial charge in [0.2, 0.25) is 0 Å². The SMILES string of the molecule is N#C/C(=C\c1ccc(OC(=O)c2ccc(Br)cc2)cc1)C(=O)Nc1cc(C(F)(F)F)ccc1Cl. The molecule has 0 aliphatic heterocycles. The lowest BCUT2D eigenvalue weighted by Crippen LogP contribution is -2.15. The van der Waals surface area contributed by atoms with Crippen LogP contribution in [0.1, 0.15) is 21.5 Å². The Kier molecular flexibility index (Phi) is 7.76. The lowest BCUT2D eigenvalue weighted by atomic mass is 10.1. The minimum Gasteiger partial charge on any atom is -0.423 e. The number of halogens is 5. The number of nitriles is 1. The first-order valence-corrected chi connectivity index (χ1v) is 10.6. The molecule has 0 heterocycles. The Balaban J connectivity index is 1.73. The number of carbonyl (C=O) groups excluding carboxylic acids is 2. The van der Waals surface area contributed by atoms with Crippen molar-refractivity contribution in [2.24, 2.45) is 0 Å². The van der Waals surface area contributed by atoms with E-state index in [1.165, 1.54) is 30.3 Å². The number of ether oxygens (including phenoxy) is 1. The van der Waals surface area contributed by atoms with Gasteiger partial charge in [-0.2, -0.15) is 18.4 Å². The van der Waals surface area contributed by atoms with E-state index in [-0.39, 0.29) is 22.0 Å². The summed E-state index contributed by atoms with van der Waals surface area (Å²) in [5.74, 6) is -1.26. The third-order valence-corrected chi connectivity index (χ3v) is 5.25. The highest BCUT2D eigenvalue weighted by atomic mass is 79.9. The van der Waals surface area contributed by atoms with Crippen LogP contribution in [0.15, 0.2) is 76.8 Å². The summed E-state index contributed by atoms with van der Waals surface area (Å²) in [7, 11) is 0. The van der Waals surface area contributed by atoms with Crippen molar-refractivity contribution in [2.75, 3.05) is 5.32 Å². The second-order valence-corrected chi connectivity index (χ2v) is 8.10. The average Bonchev–Trinajstić information content (AvgIpc) is 2.79. The molecule has 1 amide bonds. The molecule has 0 aliphatic carbocycles. The normalized spacial score (nSPS) is 11.5. The zero-order valence-electron chi connectivity index (χ0n) is 17.0. The number of hydrogen-bond acceptors (Lipinski definition) is 4. The van der Waals surface area contributed by atoms with Crippen LogP contribution in [0.5, 0.6) is 5.75 Å². The van der Waals surface area contributed by atoms with Gasteiger partial charge in [0.25, 0.3) is 5.91 Å². The Hall–Kier alpha value is -3.61. The second kappa shape index (κ2) is 10.5. The van der Waals surface area contributed by atoms with Gasteiger partial charge in [0.05, 0.1) is 21.8 Å². The van der Waals surface area contributed by atoms with E-state index in [0.29, 0.717) is 17.2 Å². The maximum absolute atomic E-state index is 12.9. The fourth-order valence-electron chi connectivity index (χ4n) is 2.69. The Morgan fingerprint density at radius 3 is 2.26 bits per heavy atom. The molecule has 0 fully saturated rings. The second-order valence-electron chi connectivity index (χ2n) is 6.78. The number of rotatable bonds is 5. The number of amides is 1. The van der Waals surface area contributed by atoms with Crippen LogP contribution in [0.25, 0.3) is 6.08 Å². The maximum atomic E-state index is 12.9. The van der Waals surface area contributed by atoms with Crippen molar-refractivity contribution in [3.05, 3.63) is 98.5 Å². The number of benzene rings is 3. The molecule has 5 nitrogen and oxygen atoms in total. The first kappa shape index (κ1) is 25.0. The quantitative estimate of drug-likeness (QED) is 0.163. The monoisotopic (exact) mass is 548 g/mol. The Bertz CT molecular complexity index is 1300. The first-order chi connectivity index (χ1) is 16.1. The molecular formula is C24H13BrClF3N2O3. The molecule has 0 aromatic heterocycles. The van der Waals surface area contributed by atoms with Crippen molar-refractivity contribution in [2.45, 2.75) is 6.18 Å². The van der Waals surface area contributed by atoms with Gasteiger partial charge < -0.3 is 10.1 Å². The summed E-state index contributed by atoms with van der Waals surface area (Å²) in [6, 6.07) is 16.7. The van der Waals surface area contributed by atoms with E-state index in [9.17, 15) is 28.0 Å². The molecular weight excluding hydrogens is 537 g/mol. The smallest absolute Gasteiger partial charge is 0.416 e. The molecule has 172 valence electrons. The van der Waals surface area contributed by atoms with Gasteiger partial charge in [-0.3, -0.25) is 4.79 Å². The number of carbonyl (C=O) groups is 2. The van der Waals surface area contributed by atoms with Gasteiger partial charge in [-0.05, 0) is 66.2 Å². The van der Waals surface area contributed by atoms with E-state index in [1.807, 2.05) is 0 Å². The number of alkyl halides is 3. The summed E-state index contributed by atoms with van der Waals surface area (Å²) in [6.07, 6.45) is -3.39. The van der Waals surface area contributed by atoms with Gasteiger partial charge in [-0.15, -0.1) is 0 Å². The molecule has 0 atom stereocenters. The van der Waals surface area contributed by atoms with E-state index in [2.05, 4.69) is 21.2 Å². The number of anilines is 1. The Labute approximate surface area is 205 Å². The van der Waals surface area contributed by atoms with E-state index in [4.69, 9.17) is 16.3 Å². The van der Waals surface area contributed by atoms with Crippen molar-refractivity contribution in [3.8, 4) is 11.8 Å². The standard InChI is InChI=1S/C24H13BrClF3N2O3/c25-18-6-3-15(4-7-18)23(33)34-19-8-1-14(2-9-19)11-16(13-30)22(32)31-21-12-17(24(27,28)29)5-10-20(21)26/h1-12H,(H,31,32)/b16-11+. The van der Waals surface area contributed by atoms with Crippen LogP contribution in [0.4, 0.5) is 18.9 Å². The highest BCUT2D eigenvalue weighted by Gasteiger charge is 2.31. The third kappa shape index (κ3) is 6.47. The summed E-state index contributed by atoms with van der Waals surface area (Å²) in [4.78, 5) is 24.6. The molecule has 3 rings (SSSR count). The van der Waals surface area contributed by atoms with Gasteiger partial charge in [-0.1, -0.05) is 39.7 Å². The number of nitrogens with zero attached hydrogens (tertiary/aromatic N) is 1. The molecule has 0 aliphatic rings. The zero-order chi connectivity index (χ0) is 24.9. The van der Waals surface area contributed by atoms with Crippen LogP contribution >= 0.6 is 27.5 Å². The van der Waals surface area contributed by atoms with Gasteiger partial charge in [0.1, 0.15) is 17.4 Å². The highest BCUT2D eigenvalue weighted by Crippen LogP contribution is 2.34. The molecule has 34 heavy (non-hydrogen) atoms. The van der Waals surface area contributed by atoms with E-state index in [0.717, 1.165) is 16.6 Å². The minimum atomic E-state index is -4.62. The summed E-state index contributed by atoms with van der Waals surface area (Å²) in [6.45, 7) is 0. The minimum absolute atomic E-state index is 0.115. The summed E-state index contributed by atoms with van der Waals surface area (Å²) in [5.41, 5.74) is -0.872. The largest absolute Gasteiger partial charge is 0.423 e. The molecule has 3 aromatic carbocycles. The van der Waals surface area contributed by atoms with E-state index >= 15 is 0 Å². The van der Waals surface area contributed by atoms with Crippen molar-refractivity contribution >= 4 is 51.2 Å². The zero-order valence-corrected chi connectivity index (χ0v) is 19.3. The number of esters is 1. The van der Waals surface area contributed by atoms with Crippen LogP contribution < -0.4 is 10.1 Å². The number of nitrogens with one attached hydrogen (secondary N) is 1. The molecule has 0 spiro atoms. The molecule has 0 saturated heterocycles. The van der Waals surface area contributed by atoms with Crippen LogP contribution in [0.3, 0.4) is 0 Å². The fourth-order valence-corrected chi connectivity index (χ4v) is 3.12. The fraction of sp³-hybridized carbons (Fsp3) is 0.0417. The molecule has 0 bridgehead atoms. The molecule has 0 radical (unpaired) electrons. The summed E-state index contributed by atoms with van der Waals surface area (Å²) < 4.78 is 44.9. The molecule has 10 heteroatoms. The molecule has 3 aromatic rings. The lowest BCUT2D eigenvalue weighted by Gasteiger charge is -2.11. The van der Waals surface area contributed by atoms with Crippen molar-refractivity contribution < 1.29 is 27.5 Å². The van der Waals surface area contributed by atoms with Gasteiger partial charge in [-0.25, -0.2) is 4.79 Å². The summed E-state index contributed by atoms with van der Waals surface area (Å²) in [5, 5.41) is 11.4. The molecule has 1 N–H and O–H groups in total. The van der Waals surface area contributed by atoms with Crippen molar-refractivity contribution in [1.82, 2.24) is 0 Å². The third-order valence-electron chi connectivity index (χ3n) is 4.39. The van der Waals surface area contributed by atoms with Crippen LogP contribution in [-0.2, 0) is 11.0 Å². The van der Waals surface area contributed by atoms with Crippen molar-refractivity contribution in [1.29, 1.82) is 5.26 Å². The lowest BCUT2D eigenvalue weighted by molar-refractivity contribution is -0.137. The van der Waals surface area contributed by atoms with Crippen molar-refractivity contribution in [3.63, 3.8) is 0 Å². The summed E-state index contributed by atoms with van der Waals surface area (Å²) >= 11 is 9.16. The van der Waals surface area contributed by atoms with Gasteiger partial charge >= 0.3 is 12.1 Å². The predicted molar refractivity (Wildman–Crippen MR) is 124 cm³/mol. The van der Waals surface area contributed by atoms with Crippen LogP contribution in [-0.4, -0.2) is 11.9 Å². The average molecular weight is 550 g/mol. The number of hydrogen-bond donors (Lipinski definition) is 1. The molecule has 0 unspecified atom stereocenters. The topological polar surface area (TPSA) is 79.2 Å². The first-order valence-electron chi connectivity index (χ1n) is 9.44. The van der Waals surface area contributed by atoms with E-state index < -0.39 is 23.6 Å². The molecule has 0 saturated carbocycles. The van der Waals surface area contributed by atoms with Gasteiger partial charge in [0.15, 0.2) is 0 Å². The highest BCUT2D eigenvalue weighted by molar-refractivity contribution is 9.10. The van der Waals surface area contributed by atoms with Crippen LogP contribution in [0, 0.1) is 11.3 Å².